The second kappa shape index (κ2) is 55.9. The zero-order valence-electron chi connectivity index (χ0n) is 44.7. The van der Waals surface area contributed by atoms with Gasteiger partial charge in [0, 0.05) is 0 Å². The first-order valence-electron chi connectivity index (χ1n) is 30.3. The van der Waals surface area contributed by atoms with Gasteiger partial charge in [0.05, 0.1) is 18.8 Å². The van der Waals surface area contributed by atoms with Crippen LogP contribution in [0, 0.1) is 0 Å². The summed E-state index contributed by atoms with van der Waals surface area (Å²) in [4.78, 5) is 12.6. The van der Waals surface area contributed by atoms with Crippen molar-refractivity contribution >= 4 is 5.91 Å². The molecule has 65 heavy (non-hydrogen) atoms. The first kappa shape index (κ1) is 64.3. The van der Waals surface area contributed by atoms with Crippen molar-refractivity contribution in [1.82, 2.24) is 5.32 Å². The molecule has 0 saturated heterocycles. The molecule has 0 heterocycles. The van der Waals surface area contributed by atoms with E-state index in [1.807, 2.05) is 0 Å². The molecule has 3 atom stereocenters. The number of unbranched alkanes of at least 4 members (excludes halogenated alkanes) is 49. The van der Waals surface area contributed by atoms with E-state index in [9.17, 15) is 20.1 Å². The first-order valence-corrected chi connectivity index (χ1v) is 30.3. The molecule has 0 aliphatic carbocycles. The number of aliphatic hydroxyl groups excluding tert-OH is 3. The van der Waals surface area contributed by atoms with Crippen molar-refractivity contribution in [3.05, 3.63) is 0 Å². The van der Waals surface area contributed by atoms with Gasteiger partial charge in [-0.05, 0) is 12.8 Å². The number of hydrogen-bond donors (Lipinski definition) is 4. The summed E-state index contributed by atoms with van der Waals surface area (Å²) in [6.45, 7) is 4.29. The first-order chi connectivity index (χ1) is 32.1. The van der Waals surface area contributed by atoms with Crippen molar-refractivity contribution in [2.75, 3.05) is 6.61 Å². The predicted molar refractivity (Wildman–Crippen MR) is 287 cm³/mol. The third kappa shape index (κ3) is 51.0. The van der Waals surface area contributed by atoms with E-state index in [4.69, 9.17) is 0 Å². The largest absolute Gasteiger partial charge is 0.394 e. The number of carbonyl (C=O) groups excluding carboxylic acids is 1. The topological polar surface area (TPSA) is 89.8 Å². The molecule has 0 bridgehead atoms. The van der Waals surface area contributed by atoms with Gasteiger partial charge in [-0.15, -0.1) is 0 Å². The number of rotatable bonds is 57. The number of hydrogen-bond acceptors (Lipinski definition) is 4. The fourth-order valence-corrected chi connectivity index (χ4v) is 10.0. The van der Waals surface area contributed by atoms with Crippen LogP contribution in [0.3, 0.4) is 0 Å². The normalized spacial score (nSPS) is 13.1. The average molecular weight is 921 g/mol. The Labute approximate surface area is 408 Å². The van der Waals surface area contributed by atoms with Crippen LogP contribution < -0.4 is 5.32 Å². The van der Waals surface area contributed by atoms with Crippen molar-refractivity contribution in [2.24, 2.45) is 0 Å². The number of aliphatic hydroxyl groups is 3. The molecule has 0 aliphatic rings. The highest BCUT2D eigenvalue weighted by molar-refractivity contribution is 5.80. The molecule has 0 aromatic carbocycles. The van der Waals surface area contributed by atoms with Gasteiger partial charge >= 0.3 is 0 Å². The van der Waals surface area contributed by atoms with Crippen LogP contribution in [0.15, 0.2) is 0 Å². The van der Waals surface area contributed by atoms with Crippen molar-refractivity contribution in [3.8, 4) is 0 Å². The minimum absolute atomic E-state index is 0.307. The molecule has 0 aliphatic heterocycles. The Morgan fingerprint density at radius 2 is 0.492 bits per heavy atom. The van der Waals surface area contributed by atoms with E-state index in [1.165, 1.54) is 295 Å². The molecule has 1 amide bonds. The lowest BCUT2D eigenvalue weighted by atomic mass is 10.0. The van der Waals surface area contributed by atoms with E-state index in [2.05, 4.69) is 19.2 Å². The average Bonchev–Trinajstić information content (AvgIpc) is 3.31. The van der Waals surface area contributed by atoms with Crippen molar-refractivity contribution in [1.29, 1.82) is 0 Å². The summed E-state index contributed by atoms with van der Waals surface area (Å²) >= 11 is 0. The maximum atomic E-state index is 12.6. The van der Waals surface area contributed by atoms with Gasteiger partial charge in [-0.2, -0.15) is 0 Å². The molecule has 3 unspecified atom stereocenters. The van der Waals surface area contributed by atoms with Crippen LogP contribution >= 0.6 is 0 Å². The summed E-state index contributed by atoms with van der Waals surface area (Å²) in [7, 11) is 0. The highest BCUT2D eigenvalue weighted by Gasteiger charge is 2.23. The summed E-state index contributed by atoms with van der Waals surface area (Å²) < 4.78 is 0. The summed E-state index contributed by atoms with van der Waals surface area (Å²) in [6.07, 6.45) is 68.8. The van der Waals surface area contributed by atoms with E-state index in [1.54, 1.807) is 0 Å². The van der Waals surface area contributed by atoms with Crippen molar-refractivity contribution in [3.63, 3.8) is 0 Å². The third-order valence-electron chi connectivity index (χ3n) is 14.7. The summed E-state index contributed by atoms with van der Waals surface area (Å²) in [6, 6.07) is -0.708. The molecule has 5 heteroatoms. The Morgan fingerprint density at radius 3 is 0.692 bits per heavy atom. The number of nitrogens with one attached hydrogen (secondary N) is 1. The van der Waals surface area contributed by atoms with Gasteiger partial charge in [0.15, 0.2) is 0 Å². The van der Waals surface area contributed by atoms with Gasteiger partial charge in [0.2, 0.25) is 5.91 Å². The van der Waals surface area contributed by atoms with Crippen LogP contribution in [0.5, 0.6) is 0 Å². The highest BCUT2D eigenvalue weighted by Crippen LogP contribution is 2.19. The molecule has 0 aromatic rings. The molecule has 5 nitrogen and oxygen atoms in total. The van der Waals surface area contributed by atoms with Crippen LogP contribution in [0.25, 0.3) is 0 Å². The quantitative estimate of drug-likeness (QED) is 0.0458. The van der Waals surface area contributed by atoms with E-state index in [-0.39, 0.29) is 6.61 Å². The van der Waals surface area contributed by atoms with Crippen molar-refractivity contribution < 1.29 is 20.1 Å². The van der Waals surface area contributed by atoms with Gasteiger partial charge < -0.3 is 20.6 Å². The summed E-state index contributed by atoms with van der Waals surface area (Å²) in [5, 5.41) is 33.6. The second-order valence-electron chi connectivity index (χ2n) is 21.3. The van der Waals surface area contributed by atoms with Gasteiger partial charge in [0.1, 0.15) is 6.10 Å². The smallest absolute Gasteiger partial charge is 0.249 e. The maximum Gasteiger partial charge on any atom is 0.249 e. The van der Waals surface area contributed by atoms with Crippen LogP contribution in [0.4, 0.5) is 0 Å². The molecule has 4 N–H and O–H groups in total. The maximum absolute atomic E-state index is 12.6. The zero-order valence-corrected chi connectivity index (χ0v) is 44.7. The van der Waals surface area contributed by atoms with Crippen LogP contribution in [-0.2, 0) is 4.79 Å². The fourth-order valence-electron chi connectivity index (χ4n) is 10.0. The molecular weight excluding hydrogens is 799 g/mol. The Bertz CT molecular complexity index is 883. The Balaban J connectivity index is 3.47. The molecule has 0 aromatic heterocycles. The summed E-state index contributed by atoms with van der Waals surface area (Å²) in [5.74, 6) is -0.461. The number of amides is 1. The van der Waals surface area contributed by atoms with E-state index in [0.717, 1.165) is 32.1 Å². The Kier molecular flexibility index (Phi) is 55.4. The minimum atomic E-state index is -1.07. The molecule has 0 spiro atoms. The van der Waals surface area contributed by atoms with E-state index >= 15 is 0 Å². The molecule has 0 rings (SSSR count). The van der Waals surface area contributed by atoms with Gasteiger partial charge in [-0.1, -0.05) is 341 Å². The highest BCUT2D eigenvalue weighted by atomic mass is 16.3. The van der Waals surface area contributed by atoms with E-state index < -0.39 is 24.2 Å². The lowest BCUT2D eigenvalue weighted by molar-refractivity contribution is -0.131. The summed E-state index contributed by atoms with van der Waals surface area (Å²) in [5.41, 5.74) is 0. The van der Waals surface area contributed by atoms with Gasteiger partial charge in [0.25, 0.3) is 0 Å². The SMILES string of the molecule is CCCCCCCCCCCCCCCCCCCCCCCCCCCCCCC(O)C(=O)NC(CO)C(O)CCCCCCCCCCCCCCCCCCCCCCCCC. The standard InChI is InChI=1S/C60H121NO4/c1-3-5-7-9-11-13-15-17-19-21-23-25-27-28-29-30-31-33-35-37-39-41-43-45-47-49-51-53-55-59(64)60(65)61-57(56-62)58(63)54-52-50-48-46-44-42-40-38-36-34-32-26-24-22-20-18-16-14-12-10-8-6-4-2/h57-59,62-64H,3-56H2,1-2H3,(H,61,65). The third-order valence-corrected chi connectivity index (χ3v) is 14.7. The molecule has 0 saturated carbocycles. The fraction of sp³-hybridized carbons (Fsp3) is 0.983. The van der Waals surface area contributed by atoms with Crippen molar-refractivity contribution in [2.45, 2.75) is 372 Å². The zero-order chi connectivity index (χ0) is 47.2. The molecule has 0 radical (unpaired) electrons. The molecular formula is C60H121NO4. The lowest BCUT2D eigenvalue weighted by Crippen LogP contribution is -2.49. The lowest BCUT2D eigenvalue weighted by Gasteiger charge is -2.23. The van der Waals surface area contributed by atoms with E-state index in [0.29, 0.717) is 12.8 Å². The van der Waals surface area contributed by atoms with Gasteiger partial charge in [-0.25, -0.2) is 0 Å². The Hall–Kier alpha value is -0.650. The molecule has 390 valence electrons. The van der Waals surface area contributed by atoms with Crippen LogP contribution in [0.2, 0.25) is 0 Å². The monoisotopic (exact) mass is 920 g/mol. The molecule has 0 fully saturated rings. The predicted octanol–water partition coefficient (Wildman–Crippen LogP) is 18.9. The van der Waals surface area contributed by atoms with Crippen LogP contribution in [-0.4, -0.2) is 46.1 Å². The minimum Gasteiger partial charge on any atom is -0.394 e. The Morgan fingerprint density at radius 1 is 0.308 bits per heavy atom. The number of carbonyl (C=O) groups is 1. The van der Waals surface area contributed by atoms with Crippen LogP contribution in [0.1, 0.15) is 354 Å². The second-order valence-corrected chi connectivity index (χ2v) is 21.3. The van der Waals surface area contributed by atoms with Gasteiger partial charge in [-0.3, -0.25) is 4.79 Å².